The molecule has 0 atom stereocenters. The molecule has 6 nitrogen and oxygen atoms in total. The summed E-state index contributed by atoms with van der Waals surface area (Å²) in [7, 11) is 0. The van der Waals surface area contributed by atoms with Crippen molar-refractivity contribution in [3.8, 4) is 0 Å². The molecule has 0 aliphatic heterocycles. The van der Waals surface area contributed by atoms with Crippen LogP contribution in [0.5, 0.6) is 0 Å². The minimum atomic E-state index is -0.603. The summed E-state index contributed by atoms with van der Waals surface area (Å²) in [6.07, 6.45) is -0.185. The minimum Gasteiger partial charge on any atom is -0.466 e. The van der Waals surface area contributed by atoms with E-state index in [1.54, 1.807) is 13.0 Å². The lowest BCUT2D eigenvalue weighted by Crippen LogP contribution is -2.10. The third kappa shape index (κ3) is 3.16. The van der Waals surface area contributed by atoms with Crippen molar-refractivity contribution in [1.82, 2.24) is 0 Å². The van der Waals surface area contributed by atoms with E-state index < -0.39 is 10.9 Å². The van der Waals surface area contributed by atoms with Crippen LogP contribution in [-0.2, 0) is 16.0 Å². The molecule has 1 rings (SSSR count). The number of ether oxygens (including phenoxy) is 1. The Morgan fingerprint density at radius 3 is 2.76 bits per heavy atom. The molecule has 2 N–H and O–H groups in total. The van der Waals surface area contributed by atoms with Gasteiger partial charge in [0.25, 0.3) is 5.69 Å². The molecule has 1 aromatic rings. The molecule has 0 aliphatic carbocycles. The van der Waals surface area contributed by atoms with E-state index >= 15 is 0 Å². The first-order valence-corrected chi connectivity index (χ1v) is 5.63. The Labute approximate surface area is 106 Å². The van der Waals surface area contributed by atoms with Crippen molar-refractivity contribution < 1.29 is 14.5 Å². The number of nitrogens with zero attached hydrogens (tertiary/aromatic N) is 1. The number of nitrogen functional groups attached to an aromatic ring is 1. The summed E-state index contributed by atoms with van der Waals surface area (Å²) in [5, 5.41) is 10.9. The maximum Gasteiger partial charge on any atom is 0.310 e. The molecule has 0 aromatic heterocycles. The second-order valence-corrected chi connectivity index (χ2v) is 4.06. The number of anilines is 1. The number of carbonyl (C=O) groups excluding carboxylic acids is 1. The highest BCUT2D eigenvalue weighted by molar-refractivity contribution is 9.10. The molecule has 17 heavy (non-hydrogen) atoms. The van der Waals surface area contributed by atoms with Crippen molar-refractivity contribution in [2.24, 2.45) is 0 Å². The maximum atomic E-state index is 11.3. The largest absolute Gasteiger partial charge is 0.466 e. The van der Waals surface area contributed by atoms with E-state index in [4.69, 9.17) is 10.5 Å². The molecule has 0 saturated carbocycles. The van der Waals surface area contributed by atoms with Crippen LogP contribution in [0.25, 0.3) is 0 Å². The summed E-state index contributed by atoms with van der Waals surface area (Å²) in [6.45, 7) is 1.90. The Kier molecular flexibility index (Phi) is 4.45. The fourth-order valence-corrected chi connectivity index (χ4v) is 1.83. The summed E-state index contributed by atoms with van der Waals surface area (Å²) >= 11 is 3.16. The highest BCUT2D eigenvalue weighted by Gasteiger charge is 2.23. The van der Waals surface area contributed by atoms with E-state index in [1.807, 2.05) is 0 Å². The van der Waals surface area contributed by atoms with E-state index in [-0.39, 0.29) is 30.0 Å². The van der Waals surface area contributed by atoms with Crippen molar-refractivity contribution in [2.45, 2.75) is 13.3 Å². The average Bonchev–Trinajstić information content (AvgIpc) is 2.23. The Balaban J connectivity index is 3.16. The van der Waals surface area contributed by atoms with E-state index in [0.717, 1.165) is 0 Å². The van der Waals surface area contributed by atoms with Crippen molar-refractivity contribution in [3.63, 3.8) is 0 Å². The predicted molar refractivity (Wildman–Crippen MR) is 65.5 cm³/mol. The van der Waals surface area contributed by atoms with Gasteiger partial charge in [-0.05, 0) is 19.1 Å². The van der Waals surface area contributed by atoms with Crippen LogP contribution in [0, 0.1) is 10.1 Å². The van der Waals surface area contributed by atoms with Crippen LogP contribution in [0.4, 0.5) is 11.4 Å². The van der Waals surface area contributed by atoms with Crippen LogP contribution in [0.15, 0.2) is 16.6 Å². The van der Waals surface area contributed by atoms with Crippen LogP contribution in [-0.4, -0.2) is 17.5 Å². The summed E-state index contributed by atoms with van der Waals surface area (Å²) in [6, 6.07) is 2.98. The normalized spacial score (nSPS) is 10.0. The summed E-state index contributed by atoms with van der Waals surface area (Å²) < 4.78 is 5.22. The molecule has 0 spiro atoms. The number of nitro groups is 1. The smallest absolute Gasteiger partial charge is 0.310 e. The number of halogens is 1. The fourth-order valence-electron chi connectivity index (χ4n) is 1.37. The van der Waals surface area contributed by atoms with Crippen LogP contribution >= 0.6 is 15.9 Å². The number of carbonyl (C=O) groups is 1. The van der Waals surface area contributed by atoms with Gasteiger partial charge in [0.2, 0.25) is 0 Å². The zero-order chi connectivity index (χ0) is 13.0. The molecule has 0 fully saturated rings. The summed E-state index contributed by atoms with van der Waals surface area (Å²) in [5.41, 5.74) is 5.52. The third-order valence-corrected chi connectivity index (χ3v) is 2.81. The first-order chi connectivity index (χ1) is 7.97. The second-order valence-electron chi connectivity index (χ2n) is 3.20. The molecule has 0 radical (unpaired) electrons. The number of rotatable bonds is 4. The zero-order valence-corrected chi connectivity index (χ0v) is 10.7. The Morgan fingerprint density at radius 2 is 2.24 bits per heavy atom. The summed E-state index contributed by atoms with van der Waals surface area (Å²) in [5.74, 6) is -0.526. The third-order valence-electron chi connectivity index (χ3n) is 2.07. The average molecular weight is 303 g/mol. The van der Waals surface area contributed by atoms with Gasteiger partial charge in [-0.25, -0.2) is 0 Å². The summed E-state index contributed by atoms with van der Waals surface area (Å²) in [4.78, 5) is 21.6. The molecule has 0 heterocycles. The molecule has 92 valence electrons. The molecule has 0 aliphatic rings. The molecule has 0 saturated heterocycles. The van der Waals surface area contributed by atoms with E-state index in [2.05, 4.69) is 15.9 Å². The number of benzene rings is 1. The molecule has 1 aromatic carbocycles. The van der Waals surface area contributed by atoms with Gasteiger partial charge in [-0.3, -0.25) is 14.9 Å². The van der Waals surface area contributed by atoms with Crippen LogP contribution in [0.3, 0.4) is 0 Å². The maximum absolute atomic E-state index is 11.3. The van der Waals surface area contributed by atoms with Crippen LogP contribution in [0.1, 0.15) is 12.5 Å². The Morgan fingerprint density at radius 1 is 1.59 bits per heavy atom. The monoisotopic (exact) mass is 302 g/mol. The van der Waals surface area contributed by atoms with Crippen molar-refractivity contribution >= 4 is 33.3 Å². The number of nitrogens with two attached hydrogens (primary N) is 1. The molecule has 0 bridgehead atoms. The van der Waals surface area contributed by atoms with Gasteiger partial charge in [0.15, 0.2) is 0 Å². The number of hydrogen-bond donors (Lipinski definition) is 1. The lowest BCUT2D eigenvalue weighted by atomic mass is 10.1. The molecular formula is C10H11BrN2O4. The van der Waals surface area contributed by atoms with Gasteiger partial charge in [-0.15, -0.1) is 0 Å². The molecule has 7 heteroatoms. The first kappa shape index (κ1) is 13.4. The van der Waals surface area contributed by atoms with Crippen molar-refractivity contribution in [3.05, 3.63) is 32.3 Å². The van der Waals surface area contributed by atoms with Gasteiger partial charge in [0.05, 0.1) is 23.5 Å². The SMILES string of the molecule is CCOC(=O)Cc1c(Br)ccc(N)c1[N+](=O)[O-]. The zero-order valence-electron chi connectivity index (χ0n) is 9.10. The predicted octanol–water partition coefficient (Wildman–Crippen LogP) is 2.05. The number of nitro benzene ring substituents is 1. The van der Waals surface area contributed by atoms with E-state index in [0.29, 0.717) is 4.47 Å². The van der Waals surface area contributed by atoms with E-state index in [1.165, 1.54) is 6.07 Å². The van der Waals surface area contributed by atoms with Gasteiger partial charge >= 0.3 is 5.97 Å². The van der Waals surface area contributed by atoms with Gasteiger partial charge in [0, 0.05) is 4.47 Å². The van der Waals surface area contributed by atoms with Gasteiger partial charge in [-0.2, -0.15) is 0 Å². The Bertz CT molecular complexity index is 462. The highest BCUT2D eigenvalue weighted by atomic mass is 79.9. The molecule has 0 unspecified atom stereocenters. The first-order valence-electron chi connectivity index (χ1n) is 4.84. The van der Waals surface area contributed by atoms with Crippen LogP contribution in [0.2, 0.25) is 0 Å². The lowest BCUT2D eigenvalue weighted by molar-refractivity contribution is -0.384. The number of hydrogen-bond acceptors (Lipinski definition) is 5. The number of esters is 1. The van der Waals surface area contributed by atoms with E-state index in [9.17, 15) is 14.9 Å². The topological polar surface area (TPSA) is 95.5 Å². The minimum absolute atomic E-state index is 0.0255. The lowest BCUT2D eigenvalue weighted by Gasteiger charge is -2.07. The molecular weight excluding hydrogens is 292 g/mol. The standard InChI is InChI=1S/C10H11BrN2O4/c1-2-17-9(14)5-6-7(11)3-4-8(12)10(6)13(15)16/h3-4H,2,5,12H2,1H3. The highest BCUT2D eigenvalue weighted by Crippen LogP contribution is 2.32. The van der Waals surface area contributed by atoms with Gasteiger partial charge in [0.1, 0.15) is 5.69 Å². The van der Waals surface area contributed by atoms with Gasteiger partial charge < -0.3 is 10.5 Å². The second kappa shape index (κ2) is 5.62. The van der Waals surface area contributed by atoms with Crippen LogP contribution < -0.4 is 5.73 Å². The molecule has 0 amide bonds. The fraction of sp³-hybridized carbons (Fsp3) is 0.300. The van der Waals surface area contributed by atoms with Crippen molar-refractivity contribution in [1.29, 1.82) is 0 Å². The van der Waals surface area contributed by atoms with Crippen molar-refractivity contribution in [2.75, 3.05) is 12.3 Å². The van der Waals surface area contributed by atoms with Gasteiger partial charge in [-0.1, -0.05) is 15.9 Å². The quantitative estimate of drug-likeness (QED) is 0.397. The Hall–Kier alpha value is -1.63.